The minimum absolute atomic E-state index is 0.0531. The van der Waals surface area contributed by atoms with Crippen molar-refractivity contribution in [1.29, 1.82) is 0 Å². The quantitative estimate of drug-likeness (QED) is 0.155. The summed E-state index contributed by atoms with van der Waals surface area (Å²) in [6, 6.07) is 11.2. The van der Waals surface area contributed by atoms with Crippen LogP contribution in [0.4, 0.5) is 29.3 Å². The second kappa shape index (κ2) is 11.1. The molecule has 0 saturated carbocycles. The van der Waals surface area contributed by atoms with E-state index in [-0.39, 0.29) is 34.4 Å². The highest BCUT2D eigenvalue weighted by Gasteiger charge is 2.37. The third-order valence-electron chi connectivity index (χ3n) is 5.45. The molecule has 0 aromatic heterocycles. The van der Waals surface area contributed by atoms with Gasteiger partial charge in [0.25, 0.3) is 11.8 Å². The van der Waals surface area contributed by atoms with Crippen molar-refractivity contribution in [1.82, 2.24) is 5.32 Å². The van der Waals surface area contributed by atoms with Crippen molar-refractivity contribution in [3.8, 4) is 17.2 Å². The number of amides is 4. The molecule has 0 spiro atoms. The molecule has 0 aliphatic carbocycles. The van der Waals surface area contributed by atoms with Crippen molar-refractivity contribution in [2.75, 3.05) is 11.5 Å². The number of nitrogens with zero attached hydrogens (tertiary/aromatic N) is 2. The van der Waals surface area contributed by atoms with Gasteiger partial charge in [0.1, 0.15) is 5.57 Å². The van der Waals surface area contributed by atoms with Crippen molar-refractivity contribution >= 4 is 46.9 Å². The molecule has 1 heterocycles. The van der Waals surface area contributed by atoms with E-state index in [9.17, 15) is 37.7 Å². The second-order valence-electron chi connectivity index (χ2n) is 8.10. The fraction of sp³-hybridized carbons (Fsp3) is 0.115. The lowest BCUT2D eigenvalue weighted by Gasteiger charge is -2.26. The van der Waals surface area contributed by atoms with Gasteiger partial charge in [0.2, 0.25) is 5.75 Å². The molecule has 4 amide bonds. The summed E-state index contributed by atoms with van der Waals surface area (Å²) in [6.07, 6.45) is -3.67. The second-order valence-corrected chi connectivity index (χ2v) is 8.50. The molecule has 14 heteroatoms. The highest BCUT2D eigenvalue weighted by Crippen LogP contribution is 2.44. The van der Waals surface area contributed by atoms with Crippen LogP contribution in [0.25, 0.3) is 6.08 Å². The van der Waals surface area contributed by atoms with Gasteiger partial charge in [0, 0.05) is 6.07 Å². The number of halogens is 4. The minimum atomic E-state index is -4.82. The number of hydrogen-bond acceptors (Lipinski definition) is 7. The molecule has 1 fully saturated rings. The van der Waals surface area contributed by atoms with E-state index in [0.29, 0.717) is 12.1 Å². The first kappa shape index (κ1) is 28.1. The van der Waals surface area contributed by atoms with Crippen LogP contribution in [0.3, 0.4) is 0 Å². The van der Waals surface area contributed by atoms with E-state index < -0.39 is 51.5 Å². The molecule has 0 unspecified atom stereocenters. The normalized spacial score (nSPS) is 14.8. The summed E-state index contributed by atoms with van der Waals surface area (Å²) in [6.45, 7) is 1.66. The summed E-state index contributed by atoms with van der Waals surface area (Å²) in [5.41, 5.74) is -2.24. The number of ether oxygens (including phenoxy) is 2. The number of imide groups is 2. The number of nitro groups is 1. The van der Waals surface area contributed by atoms with Crippen molar-refractivity contribution < 1.29 is 42.0 Å². The van der Waals surface area contributed by atoms with E-state index in [1.165, 1.54) is 24.3 Å². The average molecular weight is 576 g/mol. The molecule has 40 heavy (non-hydrogen) atoms. The number of hydrogen-bond donors (Lipinski definition) is 1. The van der Waals surface area contributed by atoms with Crippen LogP contribution in [0, 0.1) is 10.1 Å². The van der Waals surface area contributed by atoms with E-state index in [1.54, 1.807) is 25.1 Å². The fourth-order valence-corrected chi connectivity index (χ4v) is 3.96. The van der Waals surface area contributed by atoms with Crippen LogP contribution in [-0.4, -0.2) is 29.4 Å². The zero-order valence-corrected chi connectivity index (χ0v) is 21.1. The molecule has 0 atom stereocenters. The van der Waals surface area contributed by atoms with Crippen LogP contribution in [-0.2, 0) is 15.8 Å². The van der Waals surface area contributed by atoms with E-state index in [0.717, 1.165) is 17.0 Å². The van der Waals surface area contributed by atoms with E-state index in [2.05, 4.69) is 5.32 Å². The Morgan fingerprint density at radius 1 is 1.05 bits per heavy atom. The van der Waals surface area contributed by atoms with Crippen molar-refractivity contribution in [2.45, 2.75) is 13.1 Å². The maximum Gasteiger partial charge on any atom is 0.416 e. The lowest BCUT2D eigenvalue weighted by atomic mass is 10.1. The Labute approximate surface area is 228 Å². The fourth-order valence-electron chi connectivity index (χ4n) is 3.70. The first-order chi connectivity index (χ1) is 18.9. The maximum absolute atomic E-state index is 13.1. The average Bonchev–Trinajstić information content (AvgIpc) is 2.88. The number of carbonyl (C=O) groups is 3. The Balaban J connectivity index is 1.74. The third kappa shape index (κ3) is 5.73. The molecule has 0 radical (unpaired) electrons. The van der Waals surface area contributed by atoms with Gasteiger partial charge >= 0.3 is 17.9 Å². The summed E-state index contributed by atoms with van der Waals surface area (Å²) in [5.74, 6) is -2.75. The van der Waals surface area contributed by atoms with Crippen LogP contribution in [0.5, 0.6) is 17.2 Å². The largest absolute Gasteiger partial charge is 0.490 e. The Kier molecular flexibility index (Phi) is 7.77. The predicted octanol–water partition coefficient (Wildman–Crippen LogP) is 6.12. The Bertz CT molecular complexity index is 1560. The molecule has 4 rings (SSSR count). The van der Waals surface area contributed by atoms with Gasteiger partial charge in [-0.2, -0.15) is 13.2 Å². The van der Waals surface area contributed by atoms with E-state index in [4.69, 9.17) is 21.1 Å². The molecule has 1 saturated heterocycles. The maximum atomic E-state index is 13.1. The number of urea groups is 1. The number of benzene rings is 3. The summed E-state index contributed by atoms with van der Waals surface area (Å²) in [4.78, 5) is 49.2. The number of anilines is 1. The van der Waals surface area contributed by atoms with Gasteiger partial charge in [-0.05, 0) is 55.0 Å². The zero-order valence-electron chi connectivity index (χ0n) is 20.3. The predicted molar refractivity (Wildman–Crippen MR) is 136 cm³/mol. The summed E-state index contributed by atoms with van der Waals surface area (Å²) < 4.78 is 50.3. The first-order valence-corrected chi connectivity index (χ1v) is 11.7. The highest BCUT2D eigenvalue weighted by atomic mass is 35.5. The lowest BCUT2D eigenvalue weighted by Crippen LogP contribution is -2.54. The van der Waals surface area contributed by atoms with Crippen LogP contribution in [0.2, 0.25) is 5.02 Å². The number of carbonyl (C=O) groups excluding carboxylic acids is 3. The standard InChI is InChI=1S/C26H17ClF3N3O7/c1-2-39-21-12-14(10-17-23(34)31-25(36)32(24(17)35)16-6-4-3-5-7-16)11-18(27)22(21)40-20-9-8-15(26(28,29)30)13-19(20)33(37)38/h3-13H,2H2,1H3,(H,31,34,36)/b17-10+. The van der Waals surface area contributed by atoms with Gasteiger partial charge < -0.3 is 9.47 Å². The first-order valence-electron chi connectivity index (χ1n) is 11.4. The van der Waals surface area contributed by atoms with Crippen LogP contribution < -0.4 is 19.7 Å². The Morgan fingerprint density at radius 2 is 1.75 bits per heavy atom. The van der Waals surface area contributed by atoms with Crippen LogP contribution in [0.1, 0.15) is 18.1 Å². The number of alkyl halides is 3. The smallest absolute Gasteiger partial charge is 0.416 e. The molecule has 3 aromatic carbocycles. The van der Waals surface area contributed by atoms with Gasteiger partial charge in [-0.1, -0.05) is 29.8 Å². The van der Waals surface area contributed by atoms with Crippen molar-refractivity contribution in [2.24, 2.45) is 0 Å². The van der Waals surface area contributed by atoms with Gasteiger partial charge in [0.05, 0.1) is 27.8 Å². The minimum Gasteiger partial charge on any atom is -0.490 e. The Hall–Kier alpha value is -4.91. The van der Waals surface area contributed by atoms with Crippen molar-refractivity contribution in [3.05, 3.63) is 92.5 Å². The molecular weight excluding hydrogens is 559 g/mol. The number of nitrogens with one attached hydrogen (secondary N) is 1. The lowest BCUT2D eigenvalue weighted by molar-refractivity contribution is -0.385. The molecule has 1 aliphatic heterocycles. The van der Waals surface area contributed by atoms with Gasteiger partial charge in [-0.15, -0.1) is 0 Å². The summed E-state index contributed by atoms with van der Waals surface area (Å²) in [5, 5.41) is 13.3. The van der Waals surface area contributed by atoms with Gasteiger partial charge in [-0.25, -0.2) is 9.69 Å². The molecule has 3 aromatic rings. The third-order valence-corrected chi connectivity index (χ3v) is 5.73. The monoisotopic (exact) mass is 575 g/mol. The topological polar surface area (TPSA) is 128 Å². The molecule has 0 bridgehead atoms. The van der Waals surface area contributed by atoms with E-state index in [1.807, 2.05) is 0 Å². The Morgan fingerprint density at radius 3 is 2.38 bits per heavy atom. The van der Waals surface area contributed by atoms with Crippen LogP contribution in [0.15, 0.2) is 66.2 Å². The van der Waals surface area contributed by atoms with Crippen molar-refractivity contribution in [3.63, 3.8) is 0 Å². The molecule has 1 N–H and O–H groups in total. The summed E-state index contributed by atoms with van der Waals surface area (Å²) >= 11 is 6.36. The molecule has 1 aliphatic rings. The molecular formula is C26H17ClF3N3O7. The number of nitro benzene ring substituents is 1. The summed E-state index contributed by atoms with van der Waals surface area (Å²) in [7, 11) is 0. The number of barbiturate groups is 1. The SMILES string of the molecule is CCOc1cc(/C=C2\C(=O)NC(=O)N(c3ccccc3)C2=O)cc(Cl)c1Oc1ccc(C(F)(F)F)cc1[N+](=O)[O-]. The van der Waals surface area contributed by atoms with Crippen LogP contribution >= 0.6 is 11.6 Å². The number of para-hydroxylation sites is 1. The van der Waals surface area contributed by atoms with Gasteiger partial charge in [-0.3, -0.25) is 25.0 Å². The van der Waals surface area contributed by atoms with E-state index >= 15 is 0 Å². The molecule has 206 valence electrons. The molecule has 10 nitrogen and oxygen atoms in total. The number of rotatable bonds is 7. The van der Waals surface area contributed by atoms with Gasteiger partial charge in [0.15, 0.2) is 11.5 Å². The highest BCUT2D eigenvalue weighted by molar-refractivity contribution is 6.39. The zero-order chi connectivity index (χ0) is 29.2.